The van der Waals surface area contributed by atoms with Crippen molar-refractivity contribution in [2.45, 2.75) is 34.3 Å². The first-order valence-corrected chi connectivity index (χ1v) is 10.9. The van der Waals surface area contributed by atoms with Crippen LogP contribution in [0.4, 0.5) is 5.69 Å². The number of hydrogen-bond donors (Lipinski definition) is 1. The van der Waals surface area contributed by atoms with Gasteiger partial charge in [-0.15, -0.1) is 0 Å². The minimum Gasteiger partial charge on any atom is -0.490 e. The number of benzene rings is 3. The van der Waals surface area contributed by atoms with E-state index >= 15 is 0 Å². The highest BCUT2D eigenvalue weighted by Crippen LogP contribution is 2.30. The Bertz CT molecular complexity index is 1220. The van der Waals surface area contributed by atoms with E-state index in [1.165, 1.54) is 11.1 Å². The molecule has 3 aromatic rings. The lowest BCUT2D eigenvalue weighted by atomic mass is 10.1. The number of rotatable bonds is 8. The van der Waals surface area contributed by atoms with Gasteiger partial charge < -0.3 is 14.8 Å². The summed E-state index contributed by atoms with van der Waals surface area (Å²) < 4.78 is 11.8. The largest absolute Gasteiger partial charge is 0.490 e. The number of aryl methyl sites for hydroxylation is 3. The molecule has 5 heteroatoms. The van der Waals surface area contributed by atoms with Crippen molar-refractivity contribution in [3.8, 4) is 17.6 Å². The van der Waals surface area contributed by atoms with E-state index in [4.69, 9.17) is 9.47 Å². The van der Waals surface area contributed by atoms with Crippen LogP contribution in [0.25, 0.3) is 6.08 Å². The Morgan fingerprint density at radius 3 is 2.42 bits per heavy atom. The predicted molar refractivity (Wildman–Crippen MR) is 131 cm³/mol. The Labute approximate surface area is 195 Å². The molecular weight excluding hydrogens is 412 g/mol. The molecule has 0 saturated carbocycles. The van der Waals surface area contributed by atoms with Crippen molar-refractivity contribution in [2.75, 3.05) is 11.9 Å². The summed E-state index contributed by atoms with van der Waals surface area (Å²) in [5.74, 6) is 0.710. The highest BCUT2D eigenvalue weighted by Gasteiger charge is 2.12. The van der Waals surface area contributed by atoms with Crippen LogP contribution in [0.1, 0.15) is 34.7 Å². The first-order valence-electron chi connectivity index (χ1n) is 10.9. The molecule has 0 aliphatic heterocycles. The third kappa shape index (κ3) is 6.24. The fourth-order valence-electron chi connectivity index (χ4n) is 3.27. The summed E-state index contributed by atoms with van der Waals surface area (Å²) in [5.41, 5.74) is 5.81. The van der Waals surface area contributed by atoms with Gasteiger partial charge in [-0.25, -0.2) is 0 Å². The summed E-state index contributed by atoms with van der Waals surface area (Å²) in [7, 11) is 0. The van der Waals surface area contributed by atoms with Crippen molar-refractivity contribution >= 4 is 17.7 Å². The fourth-order valence-corrected chi connectivity index (χ4v) is 3.27. The third-order valence-corrected chi connectivity index (χ3v) is 5.30. The molecule has 1 N–H and O–H groups in total. The van der Waals surface area contributed by atoms with Crippen molar-refractivity contribution in [3.05, 3.63) is 94.1 Å². The molecule has 0 heterocycles. The zero-order chi connectivity index (χ0) is 23.8. The van der Waals surface area contributed by atoms with Gasteiger partial charge in [-0.3, -0.25) is 4.79 Å². The van der Waals surface area contributed by atoms with Gasteiger partial charge in [0.2, 0.25) is 0 Å². The van der Waals surface area contributed by atoms with Gasteiger partial charge in [0.25, 0.3) is 5.91 Å². The topological polar surface area (TPSA) is 71.3 Å². The van der Waals surface area contributed by atoms with Crippen LogP contribution in [0.3, 0.4) is 0 Å². The minimum atomic E-state index is -0.458. The maximum atomic E-state index is 12.6. The van der Waals surface area contributed by atoms with Gasteiger partial charge in [0.1, 0.15) is 18.2 Å². The van der Waals surface area contributed by atoms with Gasteiger partial charge in [0.05, 0.1) is 6.61 Å². The zero-order valence-corrected chi connectivity index (χ0v) is 19.4. The average molecular weight is 441 g/mol. The Balaban J connectivity index is 1.79. The molecule has 0 fully saturated rings. The summed E-state index contributed by atoms with van der Waals surface area (Å²) >= 11 is 0. The van der Waals surface area contributed by atoms with E-state index in [0.717, 1.165) is 11.1 Å². The second-order valence-electron chi connectivity index (χ2n) is 7.79. The Morgan fingerprint density at radius 2 is 1.73 bits per heavy atom. The molecule has 0 aromatic heterocycles. The average Bonchev–Trinajstić information content (AvgIpc) is 2.80. The molecule has 168 valence electrons. The van der Waals surface area contributed by atoms with E-state index in [2.05, 4.69) is 31.3 Å². The molecule has 33 heavy (non-hydrogen) atoms. The van der Waals surface area contributed by atoms with Crippen molar-refractivity contribution < 1.29 is 14.3 Å². The van der Waals surface area contributed by atoms with Gasteiger partial charge in [0, 0.05) is 5.69 Å². The van der Waals surface area contributed by atoms with E-state index in [-0.39, 0.29) is 5.57 Å². The molecule has 0 aliphatic rings. The number of anilines is 1. The fraction of sp³-hybridized carbons (Fsp3) is 0.214. The van der Waals surface area contributed by atoms with E-state index in [1.807, 2.05) is 44.2 Å². The van der Waals surface area contributed by atoms with Gasteiger partial charge >= 0.3 is 0 Å². The van der Waals surface area contributed by atoms with Crippen LogP contribution < -0.4 is 14.8 Å². The SMILES string of the molecule is CCOc1cc(/C=C(\C#N)C(=O)Nc2ccccc2C)ccc1OCc1ccc(C)c(C)c1. The maximum Gasteiger partial charge on any atom is 0.266 e. The standard InChI is InChI=1S/C28H28N2O3/c1-5-32-27-16-22(12-13-26(27)33-18-23-11-10-19(2)21(4)14-23)15-24(17-29)28(31)30-25-9-7-6-8-20(25)3/h6-16H,5,18H2,1-4H3,(H,30,31)/b24-15+. The first kappa shape index (κ1) is 23.6. The lowest BCUT2D eigenvalue weighted by Gasteiger charge is -2.13. The van der Waals surface area contributed by atoms with E-state index in [1.54, 1.807) is 30.3 Å². The number of nitrogens with zero attached hydrogens (tertiary/aromatic N) is 1. The van der Waals surface area contributed by atoms with Crippen molar-refractivity contribution in [2.24, 2.45) is 0 Å². The minimum absolute atomic E-state index is 0.00417. The lowest BCUT2D eigenvalue weighted by Crippen LogP contribution is -2.14. The van der Waals surface area contributed by atoms with Gasteiger partial charge in [-0.1, -0.05) is 42.5 Å². The highest BCUT2D eigenvalue weighted by atomic mass is 16.5. The van der Waals surface area contributed by atoms with Crippen LogP contribution in [-0.2, 0) is 11.4 Å². The summed E-state index contributed by atoms with van der Waals surface area (Å²) in [6.45, 7) is 8.83. The second-order valence-corrected chi connectivity index (χ2v) is 7.79. The molecule has 0 atom stereocenters. The second kappa shape index (κ2) is 11.0. The summed E-state index contributed by atoms with van der Waals surface area (Å²) in [4.78, 5) is 12.6. The molecule has 0 unspecified atom stereocenters. The predicted octanol–water partition coefficient (Wildman–Crippen LogP) is 6.14. The summed E-state index contributed by atoms with van der Waals surface area (Å²) in [5, 5.41) is 12.3. The Morgan fingerprint density at radius 1 is 0.939 bits per heavy atom. The molecule has 3 rings (SSSR count). The van der Waals surface area contributed by atoms with Gasteiger partial charge in [-0.2, -0.15) is 5.26 Å². The maximum absolute atomic E-state index is 12.6. The van der Waals surface area contributed by atoms with Crippen molar-refractivity contribution in [1.29, 1.82) is 5.26 Å². The molecular formula is C28H28N2O3. The molecule has 5 nitrogen and oxygen atoms in total. The first-order chi connectivity index (χ1) is 15.9. The molecule has 0 radical (unpaired) electrons. The Kier molecular flexibility index (Phi) is 7.88. The quantitative estimate of drug-likeness (QED) is 0.338. The lowest BCUT2D eigenvalue weighted by molar-refractivity contribution is -0.112. The number of carbonyl (C=O) groups is 1. The van der Waals surface area contributed by atoms with E-state index < -0.39 is 5.91 Å². The Hall–Kier alpha value is -4.04. The number of carbonyl (C=O) groups excluding carboxylic acids is 1. The molecule has 0 aliphatic carbocycles. The van der Waals surface area contributed by atoms with Crippen LogP contribution in [0, 0.1) is 32.1 Å². The molecule has 1 amide bonds. The highest BCUT2D eigenvalue weighted by molar-refractivity contribution is 6.10. The van der Waals surface area contributed by atoms with Gasteiger partial charge in [-0.05, 0) is 79.8 Å². The number of para-hydroxylation sites is 1. The van der Waals surface area contributed by atoms with Crippen LogP contribution >= 0.6 is 0 Å². The van der Waals surface area contributed by atoms with Crippen LogP contribution in [0.5, 0.6) is 11.5 Å². The summed E-state index contributed by atoms with van der Waals surface area (Å²) in [6.07, 6.45) is 1.54. The normalized spacial score (nSPS) is 10.9. The van der Waals surface area contributed by atoms with Crippen LogP contribution in [-0.4, -0.2) is 12.5 Å². The third-order valence-electron chi connectivity index (χ3n) is 5.30. The van der Waals surface area contributed by atoms with Gasteiger partial charge in [0.15, 0.2) is 11.5 Å². The number of nitrogens with one attached hydrogen (secondary N) is 1. The molecule has 0 spiro atoms. The monoisotopic (exact) mass is 440 g/mol. The number of amides is 1. The van der Waals surface area contributed by atoms with Crippen LogP contribution in [0.15, 0.2) is 66.2 Å². The number of hydrogen-bond acceptors (Lipinski definition) is 4. The molecule has 3 aromatic carbocycles. The number of ether oxygens (including phenoxy) is 2. The van der Waals surface area contributed by atoms with Crippen LogP contribution in [0.2, 0.25) is 0 Å². The zero-order valence-electron chi connectivity index (χ0n) is 19.4. The number of nitriles is 1. The molecule has 0 bridgehead atoms. The van der Waals surface area contributed by atoms with Crippen molar-refractivity contribution in [1.82, 2.24) is 0 Å². The van der Waals surface area contributed by atoms with Crippen molar-refractivity contribution in [3.63, 3.8) is 0 Å². The summed E-state index contributed by atoms with van der Waals surface area (Å²) in [6, 6.07) is 21.0. The van der Waals surface area contributed by atoms with E-state index in [9.17, 15) is 10.1 Å². The smallest absolute Gasteiger partial charge is 0.266 e. The molecule has 0 saturated heterocycles. The van der Waals surface area contributed by atoms with E-state index in [0.29, 0.717) is 36.0 Å².